The molecule has 0 fully saturated rings. The molecule has 2 rings (SSSR count). The zero-order chi connectivity index (χ0) is 14.7. The Morgan fingerprint density at radius 3 is 2.65 bits per heavy atom. The molecule has 0 spiro atoms. The molecule has 0 saturated heterocycles. The Bertz CT molecular complexity index is 605. The first kappa shape index (κ1) is 14.8. The summed E-state index contributed by atoms with van der Waals surface area (Å²) in [4.78, 5) is 4.86. The van der Waals surface area contributed by atoms with E-state index in [1.807, 2.05) is 7.05 Å². The van der Waals surface area contributed by atoms with Gasteiger partial charge in [0.15, 0.2) is 0 Å². The van der Waals surface area contributed by atoms with Crippen LogP contribution in [-0.4, -0.2) is 25.7 Å². The van der Waals surface area contributed by atoms with Crippen molar-refractivity contribution in [3.63, 3.8) is 0 Å². The molecule has 108 valence electrons. The summed E-state index contributed by atoms with van der Waals surface area (Å²) < 4.78 is 5.20. The summed E-state index contributed by atoms with van der Waals surface area (Å²) in [6.45, 7) is 7.25. The van der Waals surface area contributed by atoms with Crippen LogP contribution in [0.2, 0.25) is 0 Å². The second-order valence-corrected chi connectivity index (χ2v) is 5.45. The molecule has 3 heteroatoms. The van der Waals surface area contributed by atoms with Crippen molar-refractivity contribution in [2.75, 3.05) is 26.1 Å². The molecule has 1 aromatic carbocycles. The molecule has 1 aromatic heterocycles. The van der Waals surface area contributed by atoms with Gasteiger partial charge in [0.05, 0.1) is 12.1 Å². The smallest absolute Gasteiger partial charge is 0.0758 e. The number of aryl methyl sites for hydroxylation is 1. The SMILES string of the molecule is CNc1c(C(C)C)c(C)nc2c(CCOC)cccc12. The van der Waals surface area contributed by atoms with Crippen molar-refractivity contribution in [1.29, 1.82) is 0 Å². The lowest BCUT2D eigenvalue weighted by Crippen LogP contribution is -2.05. The van der Waals surface area contributed by atoms with Gasteiger partial charge >= 0.3 is 0 Å². The predicted molar refractivity (Wildman–Crippen MR) is 85.7 cm³/mol. The van der Waals surface area contributed by atoms with Crippen molar-refractivity contribution in [3.05, 3.63) is 35.0 Å². The molecule has 0 radical (unpaired) electrons. The molecular weight excluding hydrogens is 248 g/mol. The highest BCUT2D eigenvalue weighted by molar-refractivity contribution is 5.95. The van der Waals surface area contributed by atoms with Crippen LogP contribution in [0, 0.1) is 6.92 Å². The van der Waals surface area contributed by atoms with E-state index in [-0.39, 0.29) is 0 Å². The lowest BCUT2D eigenvalue weighted by molar-refractivity contribution is 0.202. The summed E-state index contributed by atoms with van der Waals surface area (Å²) in [7, 11) is 3.72. The topological polar surface area (TPSA) is 34.2 Å². The quantitative estimate of drug-likeness (QED) is 0.896. The highest BCUT2D eigenvalue weighted by Gasteiger charge is 2.15. The number of nitrogens with one attached hydrogen (secondary N) is 1. The maximum Gasteiger partial charge on any atom is 0.0758 e. The average Bonchev–Trinajstić information content (AvgIpc) is 2.43. The fourth-order valence-electron chi connectivity index (χ4n) is 2.87. The van der Waals surface area contributed by atoms with Gasteiger partial charge in [0.1, 0.15) is 0 Å². The first-order valence-electron chi connectivity index (χ1n) is 7.19. The van der Waals surface area contributed by atoms with E-state index < -0.39 is 0 Å². The van der Waals surface area contributed by atoms with Crippen LogP contribution in [0.3, 0.4) is 0 Å². The van der Waals surface area contributed by atoms with E-state index in [0.29, 0.717) is 5.92 Å². The number of hydrogen-bond acceptors (Lipinski definition) is 3. The Hall–Kier alpha value is -1.61. The molecule has 1 heterocycles. The third kappa shape index (κ3) is 2.63. The summed E-state index contributed by atoms with van der Waals surface area (Å²) in [6, 6.07) is 6.40. The van der Waals surface area contributed by atoms with E-state index in [0.717, 1.165) is 24.2 Å². The molecule has 0 saturated carbocycles. The highest BCUT2D eigenvalue weighted by Crippen LogP contribution is 2.34. The van der Waals surface area contributed by atoms with E-state index in [9.17, 15) is 0 Å². The Morgan fingerprint density at radius 2 is 2.05 bits per heavy atom. The number of ether oxygens (including phenoxy) is 1. The first-order valence-corrected chi connectivity index (χ1v) is 7.19. The summed E-state index contributed by atoms with van der Waals surface area (Å²) in [5.41, 5.74) is 5.97. The van der Waals surface area contributed by atoms with Crippen molar-refractivity contribution in [3.8, 4) is 0 Å². The van der Waals surface area contributed by atoms with Crippen molar-refractivity contribution in [2.24, 2.45) is 0 Å². The Labute approximate surface area is 121 Å². The van der Waals surface area contributed by atoms with E-state index in [1.54, 1.807) is 7.11 Å². The molecule has 0 amide bonds. The molecule has 0 aliphatic heterocycles. The maximum atomic E-state index is 5.20. The van der Waals surface area contributed by atoms with Crippen LogP contribution in [0.5, 0.6) is 0 Å². The number of pyridine rings is 1. The van der Waals surface area contributed by atoms with E-state index in [4.69, 9.17) is 9.72 Å². The van der Waals surface area contributed by atoms with Gasteiger partial charge in [0.2, 0.25) is 0 Å². The Balaban J connectivity index is 2.70. The minimum atomic E-state index is 0.456. The van der Waals surface area contributed by atoms with Gasteiger partial charge in [-0.2, -0.15) is 0 Å². The van der Waals surface area contributed by atoms with Crippen LogP contribution in [0.1, 0.15) is 36.6 Å². The van der Waals surface area contributed by atoms with Crippen molar-refractivity contribution >= 4 is 16.6 Å². The molecular formula is C17H24N2O. The van der Waals surface area contributed by atoms with Gasteiger partial charge in [-0.3, -0.25) is 4.98 Å². The molecule has 0 unspecified atom stereocenters. The van der Waals surface area contributed by atoms with E-state index in [1.165, 1.54) is 22.2 Å². The standard InChI is InChI=1S/C17H24N2O/c1-11(2)15-12(3)19-16-13(9-10-20-5)7-6-8-14(16)17(15)18-4/h6-8,11H,9-10H2,1-5H3,(H,18,19). The highest BCUT2D eigenvalue weighted by atomic mass is 16.5. The number of hydrogen-bond donors (Lipinski definition) is 1. The lowest BCUT2D eigenvalue weighted by atomic mass is 9.95. The monoisotopic (exact) mass is 272 g/mol. The fraction of sp³-hybridized carbons (Fsp3) is 0.471. The largest absolute Gasteiger partial charge is 0.387 e. The zero-order valence-corrected chi connectivity index (χ0v) is 13.1. The molecule has 0 atom stereocenters. The number of anilines is 1. The normalized spacial score (nSPS) is 11.3. The summed E-state index contributed by atoms with van der Waals surface area (Å²) in [6.07, 6.45) is 0.893. The molecule has 1 N–H and O–H groups in total. The van der Waals surface area contributed by atoms with Crippen LogP contribution in [0.25, 0.3) is 10.9 Å². The van der Waals surface area contributed by atoms with Gasteiger partial charge in [0.25, 0.3) is 0 Å². The van der Waals surface area contributed by atoms with Crippen molar-refractivity contribution < 1.29 is 4.74 Å². The minimum Gasteiger partial charge on any atom is -0.387 e. The molecule has 0 aliphatic rings. The summed E-state index contributed by atoms with van der Waals surface area (Å²) in [5, 5.41) is 4.58. The average molecular weight is 272 g/mol. The summed E-state index contributed by atoms with van der Waals surface area (Å²) >= 11 is 0. The van der Waals surface area contributed by atoms with Crippen LogP contribution < -0.4 is 5.32 Å². The van der Waals surface area contributed by atoms with Gasteiger partial charge < -0.3 is 10.1 Å². The first-order chi connectivity index (χ1) is 9.60. The predicted octanol–water partition coefficient (Wildman–Crippen LogP) is 3.90. The number of rotatable bonds is 5. The van der Waals surface area contributed by atoms with Crippen LogP contribution in [0.4, 0.5) is 5.69 Å². The number of methoxy groups -OCH3 is 1. The lowest BCUT2D eigenvalue weighted by Gasteiger charge is -2.19. The van der Waals surface area contributed by atoms with Gasteiger partial charge in [-0.25, -0.2) is 0 Å². The van der Waals surface area contributed by atoms with Crippen molar-refractivity contribution in [1.82, 2.24) is 4.98 Å². The van der Waals surface area contributed by atoms with E-state index >= 15 is 0 Å². The van der Waals surface area contributed by atoms with Crippen molar-refractivity contribution in [2.45, 2.75) is 33.1 Å². The van der Waals surface area contributed by atoms with Crippen LogP contribution >= 0.6 is 0 Å². The number of benzene rings is 1. The molecule has 3 nitrogen and oxygen atoms in total. The number of fused-ring (bicyclic) bond motifs is 1. The Morgan fingerprint density at radius 1 is 1.30 bits per heavy atom. The summed E-state index contributed by atoms with van der Waals surface area (Å²) in [5.74, 6) is 0.456. The maximum absolute atomic E-state index is 5.20. The number of nitrogens with zero attached hydrogens (tertiary/aromatic N) is 1. The molecule has 0 aliphatic carbocycles. The Kier molecular flexibility index (Phi) is 4.61. The minimum absolute atomic E-state index is 0.456. The zero-order valence-electron chi connectivity index (χ0n) is 13.1. The number of para-hydroxylation sites is 1. The van der Waals surface area contributed by atoms with Crippen LogP contribution in [-0.2, 0) is 11.2 Å². The van der Waals surface area contributed by atoms with E-state index in [2.05, 4.69) is 44.3 Å². The van der Waals surface area contributed by atoms with Gasteiger partial charge in [-0.05, 0) is 30.4 Å². The molecule has 0 bridgehead atoms. The third-order valence-corrected chi connectivity index (χ3v) is 3.73. The second kappa shape index (κ2) is 6.23. The van der Waals surface area contributed by atoms with Crippen LogP contribution in [0.15, 0.2) is 18.2 Å². The van der Waals surface area contributed by atoms with Gasteiger partial charge in [-0.1, -0.05) is 32.0 Å². The van der Waals surface area contributed by atoms with Gasteiger partial charge in [-0.15, -0.1) is 0 Å². The fourth-order valence-corrected chi connectivity index (χ4v) is 2.87. The number of aromatic nitrogens is 1. The second-order valence-electron chi connectivity index (χ2n) is 5.45. The third-order valence-electron chi connectivity index (χ3n) is 3.73. The molecule has 2 aromatic rings. The van der Waals surface area contributed by atoms with Gasteiger partial charge in [0, 0.05) is 30.9 Å². The molecule has 20 heavy (non-hydrogen) atoms.